The summed E-state index contributed by atoms with van der Waals surface area (Å²) in [6.45, 7) is 8.15. The molecule has 0 radical (unpaired) electrons. The summed E-state index contributed by atoms with van der Waals surface area (Å²) in [5.41, 5.74) is 2.85. The van der Waals surface area contributed by atoms with Gasteiger partial charge in [-0.15, -0.1) is 0 Å². The van der Waals surface area contributed by atoms with Gasteiger partial charge in [-0.1, -0.05) is 26.7 Å². The second-order valence-electron chi connectivity index (χ2n) is 7.37. The number of likely N-dealkylation sites (N-methyl/N-ethyl adjacent to an activating group) is 1. The van der Waals surface area contributed by atoms with E-state index in [9.17, 15) is 9.59 Å². The van der Waals surface area contributed by atoms with Gasteiger partial charge in [0, 0.05) is 31.5 Å². The number of benzene rings is 1. The van der Waals surface area contributed by atoms with E-state index in [1.165, 1.54) is 24.1 Å². The number of unbranched alkanes of at least 4 members (excludes halogenated alkanes) is 2. The Labute approximate surface area is 173 Å². The molecule has 0 saturated heterocycles. The van der Waals surface area contributed by atoms with Crippen LogP contribution in [0.2, 0.25) is 0 Å². The summed E-state index contributed by atoms with van der Waals surface area (Å²) in [6, 6.07) is 7.40. The summed E-state index contributed by atoms with van der Waals surface area (Å²) in [6.07, 6.45) is 7.43. The summed E-state index contributed by atoms with van der Waals surface area (Å²) >= 11 is 0. The molecule has 0 unspecified atom stereocenters. The highest BCUT2D eigenvalue weighted by Crippen LogP contribution is 2.21. The Morgan fingerprint density at radius 2 is 1.62 bits per heavy atom. The number of anilines is 2. The summed E-state index contributed by atoms with van der Waals surface area (Å²) < 4.78 is 0. The van der Waals surface area contributed by atoms with Crippen LogP contribution in [0, 0.1) is 5.41 Å². The third kappa shape index (κ3) is 6.04. The Balaban J connectivity index is 2.04. The summed E-state index contributed by atoms with van der Waals surface area (Å²) in [7, 11) is 1.53. The lowest BCUT2D eigenvalue weighted by atomic mass is 10.0. The third-order valence-corrected chi connectivity index (χ3v) is 5.02. The van der Waals surface area contributed by atoms with Crippen molar-refractivity contribution < 1.29 is 9.59 Å². The van der Waals surface area contributed by atoms with E-state index in [0.29, 0.717) is 11.3 Å². The molecule has 0 aromatic heterocycles. The van der Waals surface area contributed by atoms with Gasteiger partial charge in [-0.05, 0) is 61.8 Å². The minimum atomic E-state index is -0.410. The van der Waals surface area contributed by atoms with Crippen molar-refractivity contribution in [3.8, 4) is 0 Å². The van der Waals surface area contributed by atoms with Crippen molar-refractivity contribution in [2.24, 2.45) is 0 Å². The van der Waals surface area contributed by atoms with Crippen LogP contribution < -0.4 is 10.2 Å². The summed E-state index contributed by atoms with van der Waals surface area (Å²) in [5, 5.41) is 10.7. The average Bonchev–Trinajstić information content (AvgIpc) is 2.71. The van der Waals surface area contributed by atoms with E-state index in [4.69, 9.17) is 5.41 Å². The zero-order valence-corrected chi connectivity index (χ0v) is 17.9. The van der Waals surface area contributed by atoms with Gasteiger partial charge in [0.1, 0.15) is 0 Å². The van der Waals surface area contributed by atoms with Crippen molar-refractivity contribution in [1.82, 2.24) is 4.90 Å². The molecule has 0 atom stereocenters. The van der Waals surface area contributed by atoms with E-state index >= 15 is 0 Å². The maximum atomic E-state index is 12.6. The first-order valence-corrected chi connectivity index (χ1v) is 10.3. The maximum absolute atomic E-state index is 12.6. The number of urea groups is 1. The van der Waals surface area contributed by atoms with Gasteiger partial charge in [0.15, 0.2) is 0 Å². The van der Waals surface area contributed by atoms with Crippen LogP contribution in [0.1, 0.15) is 46.5 Å². The molecule has 0 heterocycles. The highest BCUT2D eigenvalue weighted by molar-refractivity contribution is 6.21. The van der Waals surface area contributed by atoms with Crippen molar-refractivity contribution in [1.29, 1.82) is 5.41 Å². The van der Waals surface area contributed by atoms with Gasteiger partial charge in [0.25, 0.3) is 0 Å². The normalized spacial score (nSPS) is 13.7. The molecule has 29 heavy (non-hydrogen) atoms. The number of allylic oxidation sites excluding steroid dienone is 3. The van der Waals surface area contributed by atoms with Crippen LogP contribution >= 0.6 is 0 Å². The monoisotopic (exact) mass is 396 g/mol. The number of amides is 2. The predicted octanol–water partition coefficient (Wildman–Crippen LogP) is 4.99. The zero-order chi connectivity index (χ0) is 21.4. The van der Waals surface area contributed by atoms with Crippen LogP contribution in [0.5, 0.6) is 0 Å². The molecule has 6 nitrogen and oxygen atoms in total. The molecule has 1 aromatic carbocycles. The Kier molecular flexibility index (Phi) is 8.19. The van der Waals surface area contributed by atoms with Crippen molar-refractivity contribution in [2.45, 2.75) is 46.5 Å². The van der Waals surface area contributed by atoms with Gasteiger partial charge in [0.05, 0.1) is 11.4 Å². The Hall–Kier alpha value is -2.89. The molecule has 0 fully saturated rings. The quantitative estimate of drug-likeness (QED) is 0.577. The largest absolute Gasteiger partial charge is 0.372 e. The Morgan fingerprint density at radius 3 is 2.17 bits per heavy atom. The molecule has 2 N–H and O–H groups in total. The van der Waals surface area contributed by atoms with Gasteiger partial charge in [-0.2, -0.15) is 0 Å². The molecule has 6 heteroatoms. The van der Waals surface area contributed by atoms with Crippen molar-refractivity contribution in [3.05, 3.63) is 47.7 Å². The molecule has 1 aliphatic rings. The van der Waals surface area contributed by atoms with Crippen molar-refractivity contribution in [3.63, 3.8) is 0 Å². The fraction of sp³-hybridized carbons (Fsp3) is 0.435. The van der Waals surface area contributed by atoms with E-state index in [2.05, 4.69) is 24.1 Å². The van der Waals surface area contributed by atoms with E-state index < -0.39 is 6.03 Å². The number of nitrogens with zero attached hydrogens (tertiary/aromatic N) is 2. The molecule has 2 rings (SSSR count). The lowest BCUT2D eigenvalue weighted by Gasteiger charge is -2.25. The Morgan fingerprint density at radius 1 is 1.03 bits per heavy atom. The number of nitrogens with one attached hydrogen (secondary N) is 2. The molecule has 1 aliphatic carbocycles. The van der Waals surface area contributed by atoms with Crippen LogP contribution in [-0.4, -0.2) is 42.6 Å². The standard InChI is InChI=1S/C23H32N4O2/c1-5-7-13-27(14-8-6-2)19-11-9-18(10-12-19)25-23(29)26(4)21-16-20(24)17(3)15-22(21)28/h9-12,15-16,24H,5-8,13-14H2,1-4H3,(H,25,29). The van der Waals surface area contributed by atoms with E-state index in [1.807, 2.05) is 24.3 Å². The molecule has 0 aliphatic heterocycles. The predicted molar refractivity (Wildman–Crippen MR) is 120 cm³/mol. The second kappa shape index (κ2) is 10.6. The van der Waals surface area contributed by atoms with Gasteiger partial charge in [-0.25, -0.2) is 4.79 Å². The van der Waals surface area contributed by atoms with E-state index in [0.717, 1.165) is 44.5 Å². The molecule has 2 amide bonds. The molecular formula is C23H32N4O2. The van der Waals surface area contributed by atoms with Crippen LogP contribution in [0.3, 0.4) is 0 Å². The smallest absolute Gasteiger partial charge is 0.326 e. The van der Waals surface area contributed by atoms with E-state index in [1.54, 1.807) is 6.92 Å². The molecular weight excluding hydrogens is 364 g/mol. The number of ketones is 1. The van der Waals surface area contributed by atoms with Crippen LogP contribution in [0.4, 0.5) is 16.2 Å². The lowest BCUT2D eigenvalue weighted by Crippen LogP contribution is -2.35. The number of rotatable bonds is 9. The van der Waals surface area contributed by atoms with Gasteiger partial charge in [0.2, 0.25) is 5.78 Å². The van der Waals surface area contributed by atoms with Gasteiger partial charge < -0.3 is 15.6 Å². The third-order valence-electron chi connectivity index (χ3n) is 5.02. The molecule has 0 spiro atoms. The molecule has 1 aromatic rings. The fourth-order valence-electron chi connectivity index (χ4n) is 3.07. The Bertz CT molecular complexity index is 801. The van der Waals surface area contributed by atoms with E-state index in [-0.39, 0.29) is 17.2 Å². The summed E-state index contributed by atoms with van der Waals surface area (Å²) in [4.78, 5) is 28.4. The first-order chi connectivity index (χ1) is 13.9. The van der Waals surface area contributed by atoms with Crippen LogP contribution in [0.25, 0.3) is 0 Å². The zero-order valence-electron chi connectivity index (χ0n) is 17.9. The highest BCUT2D eigenvalue weighted by atomic mass is 16.2. The summed E-state index contributed by atoms with van der Waals surface area (Å²) in [5.74, 6) is -0.269. The molecule has 0 bridgehead atoms. The topological polar surface area (TPSA) is 76.5 Å². The first kappa shape index (κ1) is 22.4. The second-order valence-corrected chi connectivity index (χ2v) is 7.37. The molecule has 0 saturated carbocycles. The van der Waals surface area contributed by atoms with Gasteiger partial charge >= 0.3 is 6.03 Å². The number of hydrogen-bond acceptors (Lipinski definition) is 4. The lowest BCUT2D eigenvalue weighted by molar-refractivity contribution is -0.112. The average molecular weight is 397 g/mol. The first-order valence-electron chi connectivity index (χ1n) is 10.3. The minimum absolute atomic E-state index is 0.194. The van der Waals surface area contributed by atoms with Crippen molar-refractivity contribution in [2.75, 3.05) is 30.4 Å². The number of carbonyl (C=O) groups excluding carboxylic acids is 2. The van der Waals surface area contributed by atoms with Crippen LogP contribution in [-0.2, 0) is 4.79 Å². The number of hydrogen-bond donors (Lipinski definition) is 2. The molecule has 156 valence electrons. The van der Waals surface area contributed by atoms with Crippen molar-refractivity contribution >= 4 is 28.9 Å². The van der Waals surface area contributed by atoms with Crippen LogP contribution in [0.15, 0.2) is 47.7 Å². The number of carbonyl (C=O) groups is 2. The SMILES string of the molecule is CCCCN(CCCC)c1ccc(NC(=O)N(C)C2=CC(=N)C(C)=CC2=O)cc1. The van der Waals surface area contributed by atoms with Gasteiger partial charge in [-0.3, -0.25) is 9.69 Å². The fourth-order valence-corrected chi connectivity index (χ4v) is 3.07. The highest BCUT2D eigenvalue weighted by Gasteiger charge is 2.23. The maximum Gasteiger partial charge on any atom is 0.326 e. The minimum Gasteiger partial charge on any atom is -0.372 e.